The van der Waals surface area contributed by atoms with E-state index in [9.17, 15) is 0 Å². The minimum atomic E-state index is 0.581. The first-order chi connectivity index (χ1) is 9.74. The van der Waals surface area contributed by atoms with E-state index in [1.165, 1.54) is 0 Å². The molecule has 1 heterocycles. The molecule has 2 aromatic rings. The number of nitrogens with zero attached hydrogens (tertiary/aromatic N) is 1. The zero-order valence-corrected chi connectivity index (χ0v) is 12.1. The Morgan fingerprint density at radius 1 is 1.30 bits per heavy atom. The van der Waals surface area contributed by atoms with Crippen LogP contribution in [0.15, 0.2) is 28.8 Å². The normalized spacial score (nSPS) is 10.8. The molecule has 1 aromatic carbocycles. The standard InChI is InChI=1S/C15H20N2O3/c1-11-4-5-13(19-3)12(8-11)14-9-17-15(20-14)10-16-6-7-18-2/h4-5,8-9,16H,6-7,10H2,1-3H3. The van der Waals surface area contributed by atoms with Crippen molar-refractivity contribution in [3.63, 3.8) is 0 Å². The molecule has 0 amide bonds. The van der Waals surface area contributed by atoms with Crippen molar-refractivity contribution in [2.75, 3.05) is 27.4 Å². The number of aromatic nitrogens is 1. The number of aryl methyl sites for hydroxylation is 1. The molecular weight excluding hydrogens is 256 g/mol. The maximum atomic E-state index is 5.75. The van der Waals surface area contributed by atoms with E-state index in [-0.39, 0.29) is 0 Å². The zero-order valence-electron chi connectivity index (χ0n) is 12.1. The number of hydrogen-bond donors (Lipinski definition) is 1. The van der Waals surface area contributed by atoms with Gasteiger partial charge >= 0.3 is 0 Å². The first-order valence-corrected chi connectivity index (χ1v) is 6.54. The van der Waals surface area contributed by atoms with Crippen LogP contribution in [0.2, 0.25) is 0 Å². The summed E-state index contributed by atoms with van der Waals surface area (Å²) in [6.45, 7) is 4.05. The van der Waals surface area contributed by atoms with Gasteiger partial charge in [-0.1, -0.05) is 11.6 Å². The van der Waals surface area contributed by atoms with Gasteiger partial charge in [0, 0.05) is 13.7 Å². The first kappa shape index (κ1) is 14.6. The highest BCUT2D eigenvalue weighted by Gasteiger charge is 2.11. The number of oxazole rings is 1. The van der Waals surface area contributed by atoms with Crippen molar-refractivity contribution < 1.29 is 13.9 Å². The van der Waals surface area contributed by atoms with Crippen molar-refractivity contribution in [1.82, 2.24) is 10.3 Å². The number of methoxy groups -OCH3 is 2. The minimum Gasteiger partial charge on any atom is -0.496 e. The average molecular weight is 276 g/mol. The van der Waals surface area contributed by atoms with E-state index in [1.807, 2.05) is 25.1 Å². The maximum Gasteiger partial charge on any atom is 0.208 e. The van der Waals surface area contributed by atoms with Crippen molar-refractivity contribution in [2.24, 2.45) is 0 Å². The van der Waals surface area contributed by atoms with Crippen LogP contribution < -0.4 is 10.1 Å². The third kappa shape index (κ3) is 3.59. The van der Waals surface area contributed by atoms with Crippen LogP contribution in [-0.4, -0.2) is 32.4 Å². The highest BCUT2D eigenvalue weighted by Crippen LogP contribution is 2.31. The van der Waals surface area contributed by atoms with Crippen LogP contribution in [0.1, 0.15) is 11.5 Å². The van der Waals surface area contributed by atoms with Gasteiger partial charge in [0.15, 0.2) is 5.76 Å². The largest absolute Gasteiger partial charge is 0.496 e. The van der Waals surface area contributed by atoms with Crippen molar-refractivity contribution in [2.45, 2.75) is 13.5 Å². The third-order valence-corrected chi connectivity index (χ3v) is 2.93. The van der Waals surface area contributed by atoms with Gasteiger partial charge in [-0.15, -0.1) is 0 Å². The summed E-state index contributed by atoms with van der Waals surface area (Å²) in [6.07, 6.45) is 1.73. The lowest BCUT2D eigenvalue weighted by atomic mass is 10.1. The van der Waals surface area contributed by atoms with E-state index >= 15 is 0 Å². The molecule has 0 spiro atoms. The summed E-state index contributed by atoms with van der Waals surface area (Å²) in [5.41, 5.74) is 2.07. The Hall–Kier alpha value is -1.85. The van der Waals surface area contributed by atoms with E-state index in [1.54, 1.807) is 20.4 Å². The second kappa shape index (κ2) is 7.07. The predicted octanol–water partition coefficient (Wildman–Crippen LogP) is 2.39. The van der Waals surface area contributed by atoms with E-state index < -0.39 is 0 Å². The van der Waals surface area contributed by atoms with Crippen LogP contribution in [0, 0.1) is 6.92 Å². The minimum absolute atomic E-state index is 0.581. The van der Waals surface area contributed by atoms with Gasteiger partial charge in [-0.2, -0.15) is 0 Å². The molecular formula is C15H20N2O3. The monoisotopic (exact) mass is 276 g/mol. The van der Waals surface area contributed by atoms with Crippen LogP contribution in [0.3, 0.4) is 0 Å². The Kier molecular flexibility index (Phi) is 5.15. The predicted molar refractivity (Wildman–Crippen MR) is 76.8 cm³/mol. The molecule has 20 heavy (non-hydrogen) atoms. The number of rotatable bonds is 7. The van der Waals surface area contributed by atoms with Gasteiger partial charge in [-0.3, -0.25) is 0 Å². The van der Waals surface area contributed by atoms with Gasteiger partial charge in [0.25, 0.3) is 0 Å². The van der Waals surface area contributed by atoms with Crippen LogP contribution in [0.25, 0.3) is 11.3 Å². The number of benzene rings is 1. The van der Waals surface area contributed by atoms with E-state index in [2.05, 4.69) is 10.3 Å². The fourth-order valence-electron chi connectivity index (χ4n) is 1.90. The SMILES string of the molecule is COCCNCc1ncc(-c2cc(C)ccc2OC)o1. The molecule has 0 aliphatic heterocycles. The van der Waals surface area contributed by atoms with Crippen LogP contribution in [0.4, 0.5) is 0 Å². The van der Waals surface area contributed by atoms with Gasteiger partial charge in [-0.05, 0) is 19.1 Å². The maximum absolute atomic E-state index is 5.75. The third-order valence-electron chi connectivity index (χ3n) is 2.93. The second-order valence-corrected chi connectivity index (χ2v) is 4.49. The van der Waals surface area contributed by atoms with Gasteiger partial charge in [0.05, 0.1) is 32.0 Å². The van der Waals surface area contributed by atoms with Crippen LogP contribution >= 0.6 is 0 Å². The number of ether oxygens (including phenoxy) is 2. The fraction of sp³-hybridized carbons (Fsp3) is 0.400. The van der Waals surface area contributed by atoms with E-state index in [0.717, 1.165) is 23.4 Å². The topological polar surface area (TPSA) is 56.5 Å². The Balaban J connectivity index is 2.10. The molecule has 0 atom stereocenters. The lowest BCUT2D eigenvalue weighted by Crippen LogP contribution is -2.18. The molecule has 5 nitrogen and oxygen atoms in total. The summed E-state index contributed by atoms with van der Waals surface area (Å²) in [5, 5.41) is 3.19. The molecule has 0 saturated carbocycles. The van der Waals surface area contributed by atoms with Crippen molar-refractivity contribution in [3.8, 4) is 17.1 Å². The summed E-state index contributed by atoms with van der Waals surface area (Å²) < 4.78 is 16.1. The summed E-state index contributed by atoms with van der Waals surface area (Å²) in [4.78, 5) is 4.27. The zero-order chi connectivity index (χ0) is 14.4. The van der Waals surface area contributed by atoms with Gasteiger partial charge in [0.2, 0.25) is 5.89 Å². The highest BCUT2D eigenvalue weighted by atomic mass is 16.5. The Labute approximate surface area is 118 Å². The second-order valence-electron chi connectivity index (χ2n) is 4.49. The lowest BCUT2D eigenvalue weighted by Gasteiger charge is -2.06. The molecule has 0 aliphatic carbocycles. The molecule has 1 N–H and O–H groups in total. The quantitative estimate of drug-likeness (QED) is 0.787. The van der Waals surface area contributed by atoms with Crippen LogP contribution in [0.5, 0.6) is 5.75 Å². The van der Waals surface area contributed by atoms with Crippen molar-refractivity contribution in [3.05, 3.63) is 35.9 Å². The molecule has 0 radical (unpaired) electrons. The summed E-state index contributed by atoms with van der Waals surface area (Å²) >= 11 is 0. The number of hydrogen-bond acceptors (Lipinski definition) is 5. The summed E-state index contributed by atoms with van der Waals surface area (Å²) in [7, 11) is 3.33. The number of nitrogens with one attached hydrogen (secondary N) is 1. The molecule has 0 unspecified atom stereocenters. The molecule has 5 heteroatoms. The van der Waals surface area contributed by atoms with Gasteiger partial charge < -0.3 is 19.2 Å². The van der Waals surface area contributed by atoms with Gasteiger partial charge in [-0.25, -0.2) is 4.98 Å². The average Bonchev–Trinajstić information content (AvgIpc) is 2.92. The van der Waals surface area contributed by atoms with Crippen molar-refractivity contribution in [1.29, 1.82) is 0 Å². The molecule has 108 valence electrons. The Morgan fingerprint density at radius 2 is 2.15 bits per heavy atom. The molecule has 0 fully saturated rings. The fourth-order valence-corrected chi connectivity index (χ4v) is 1.90. The lowest BCUT2D eigenvalue weighted by molar-refractivity contribution is 0.198. The molecule has 0 saturated heterocycles. The smallest absolute Gasteiger partial charge is 0.208 e. The molecule has 0 aliphatic rings. The van der Waals surface area contributed by atoms with E-state index in [4.69, 9.17) is 13.9 Å². The van der Waals surface area contributed by atoms with E-state index in [0.29, 0.717) is 24.8 Å². The first-order valence-electron chi connectivity index (χ1n) is 6.54. The highest BCUT2D eigenvalue weighted by molar-refractivity contribution is 5.66. The summed E-state index contributed by atoms with van der Waals surface area (Å²) in [5.74, 6) is 2.15. The molecule has 0 bridgehead atoms. The van der Waals surface area contributed by atoms with Crippen molar-refractivity contribution >= 4 is 0 Å². The molecule has 2 rings (SSSR count). The Bertz CT molecular complexity index is 552. The van der Waals surface area contributed by atoms with Gasteiger partial charge in [0.1, 0.15) is 5.75 Å². The summed E-state index contributed by atoms with van der Waals surface area (Å²) in [6, 6.07) is 5.97. The van der Waals surface area contributed by atoms with Crippen LogP contribution in [-0.2, 0) is 11.3 Å². The molecule has 1 aromatic heterocycles. The Morgan fingerprint density at radius 3 is 2.90 bits per heavy atom.